The molecule has 0 atom stereocenters. The zero-order chi connectivity index (χ0) is 10.0. The molecule has 68 valence electrons. The summed E-state index contributed by atoms with van der Waals surface area (Å²) in [5, 5.41) is 20.2. The van der Waals surface area contributed by atoms with Gasteiger partial charge in [-0.3, -0.25) is 10.1 Å². The number of aromatic nitrogens is 1. The summed E-state index contributed by atoms with van der Waals surface area (Å²) in [6, 6.07) is 0.958. The van der Waals surface area contributed by atoms with E-state index in [4.69, 9.17) is 11.6 Å². The summed E-state index contributed by atoms with van der Waals surface area (Å²) in [4.78, 5) is 23.2. The van der Waals surface area contributed by atoms with Crippen LogP contribution in [0.15, 0.2) is 12.3 Å². The van der Waals surface area contributed by atoms with E-state index < -0.39 is 27.3 Å². The first-order valence-electron chi connectivity index (χ1n) is 3.04. The van der Waals surface area contributed by atoms with Crippen LogP contribution in [0.5, 0.6) is 0 Å². The van der Waals surface area contributed by atoms with Gasteiger partial charge in [0.15, 0.2) is 0 Å². The molecule has 0 aliphatic rings. The van der Waals surface area contributed by atoms with Gasteiger partial charge in [-0.25, -0.2) is 4.98 Å². The maximum absolute atomic E-state index is 10.4. The number of nitrogens with zero attached hydrogens (tertiary/aromatic N) is 2. The van der Waals surface area contributed by atoms with Crippen LogP contribution in [-0.2, 0) is 0 Å². The van der Waals surface area contributed by atoms with Gasteiger partial charge < -0.3 is 9.90 Å². The number of carbonyl (C=O) groups is 1. The molecule has 1 aromatic heterocycles. The van der Waals surface area contributed by atoms with Gasteiger partial charge in [0.05, 0.1) is 16.5 Å². The second-order valence-electron chi connectivity index (χ2n) is 2.04. The Bertz CT molecular complexity index is 379. The van der Waals surface area contributed by atoms with Crippen LogP contribution in [0.3, 0.4) is 0 Å². The maximum Gasteiger partial charge on any atom is 0.315 e. The zero-order valence-electron chi connectivity index (χ0n) is 6.06. The normalized spacial score (nSPS) is 9.62. The van der Waals surface area contributed by atoms with E-state index >= 15 is 0 Å². The fourth-order valence-corrected chi connectivity index (χ4v) is 0.994. The van der Waals surface area contributed by atoms with E-state index in [-0.39, 0.29) is 0 Å². The molecule has 0 saturated heterocycles. The number of hydrogen-bond acceptors (Lipinski definition) is 5. The predicted octanol–water partition coefficient (Wildman–Crippen LogP) is 0.00670. The third kappa shape index (κ3) is 1.73. The lowest BCUT2D eigenvalue weighted by atomic mass is 10.2. The number of pyridine rings is 1. The van der Waals surface area contributed by atoms with Gasteiger partial charge in [-0.05, 0) is 6.07 Å². The molecule has 0 spiro atoms. The lowest BCUT2D eigenvalue weighted by Crippen LogP contribution is -2.23. The van der Waals surface area contributed by atoms with Crippen LogP contribution in [0.4, 0.5) is 5.69 Å². The van der Waals surface area contributed by atoms with Crippen molar-refractivity contribution >= 4 is 23.3 Å². The van der Waals surface area contributed by atoms with E-state index in [0.29, 0.717) is 0 Å². The first kappa shape index (κ1) is 9.40. The highest BCUT2D eigenvalue weighted by molar-refractivity contribution is 6.32. The maximum atomic E-state index is 10.4. The van der Waals surface area contributed by atoms with Crippen LogP contribution in [0.2, 0.25) is 5.15 Å². The quantitative estimate of drug-likeness (QED) is 0.381. The van der Waals surface area contributed by atoms with E-state index in [2.05, 4.69) is 4.98 Å². The lowest BCUT2D eigenvalue weighted by Gasteiger charge is -2.02. The number of carboxylic acid groups (broad SMARTS) is 1. The van der Waals surface area contributed by atoms with Gasteiger partial charge in [0.2, 0.25) is 5.15 Å². The first-order valence-corrected chi connectivity index (χ1v) is 3.42. The van der Waals surface area contributed by atoms with E-state index in [1.54, 1.807) is 0 Å². The van der Waals surface area contributed by atoms with E-state index in [9.17, 15) is 20.0 Å². The zero-order valence-corrected chi connectivity index (χ0v) is 6.82. The van der Waals surface area contributed by atoms with Gasteiger partial charge in [-0.1, -0.05) is 11.6 Å². The molecular weight excluding hydrogens is 200 g/mol. The summed E-state index contributed by atoms with van der Waals surface area (Å²) in [6.45, 7) is 0. The van der Waals surface area contributed by atoms with Crippen molar-refractivity contribution in [1.82, 2.24) is 4.98 Å². The van der Waals surface area contributed by atoms with Crippen molar-refractivity contribution < 1.29 is 14.8 Å². The molecule has 0 aliphatic heterocycles. The van der Waals surface area contributed by atoms with Gasteiger partial charge >= 0.3 is 5.69 Å². The largest absolute Gasteiger partial charge is 0.545 e. The molecule has 0 aromatic carbocycles. The highest BCUT2D eigenvalue weighted by atomic mass is 35.5. The van der Waals surface area contributed by atoms with Crippen molar-refractivity contribution in [3.8, 4) is 0 Å². The Morgan fingerprint density at radius 1 is 1.62 bits per heavy atom. The second kappa shape index (κ2) is 3.36. The number of carbonyl (C=O) groups excluding carboxylic acids is 1. The van der Waals surface area contributed by atoms with E-state index in [1.807, 2.05) is 0 Å². The highest BCUT2D eigenvalue weighted by Gasteiger charge is 2.19. The lowest BCUT2D eigenvalue weighted by molar-refractivity contribution is -0.386. The summed E-state index contributed by atoms with van der Waals surface area (Å²) in [5.41, 5.74) is -1.32. The number of aromatic carboxylic acids is 1. The van der Waals surface area contributed by atoms with Crippen molar-refractivity contribution in [2.75, 3.05) is 0 Å². The molecule has 0 bridgehead atoms. The fraction of sp³-hybridized carbons (Fsp3) is 0. The minimum absolute atomic E-state index is 0.466. The van der Waals surface area contributed by atoms with Crippen LogP contribution >= 0.6 is 11.6 Å². The Morgan fingerprint density at radius 3 is 2.62 bits per heavy atom. The Kier molecular flexibility index (Phi) is 2.43. The molecule has 0 radical (unpaired) electrons. The summed E-state index contributed by atoms with van der Waals surface area (Å²) in [7, 11) is 0. The highest BCUT2D eigenvalue weighted by Crippen LogP contribution is 2.24. The molecule has 0 aliphatic carbocycles. The van der Waals surface area contributed by atoms with Gasteiger partial charge in [0.25, 0.3) is 0 Å². The second-order valence-corrected chi connectivity index (χ2v) is 2.40. The van der Waals surface area contributed by atoms with Gasteiger partial charge in [-0.15, -0.1) is 0 Å². The number of carboxylic acids is 1. The van der Waals surface area contributed by atoms with E-state index in [0.717, 1.165) is 12.3 Å². The minimum Gasteiger partial charge on any atom is -0.545 e. The van der Waals surface area contributed by atoms with Crippen molar-refractivity contribution in [3.05, 3.63) is 33.1 Å². The Hall–Kier alpha value is -1.69. The molecule has 7 heteroatoms. The molecule has 0 N–H and O–H groups in total. The van der Waals surface area contributed by atoms with Crippen molar-refractivity contribution in [3.63, 3.8) is 0 Å². The minimum atomic E-state index is -1.66. The first-order chi connectivity index (χ1) is 6.04. The van der Waals surface area contributed by atoms with Gasteiger partial charge in [0.1, 0.15) is 0 Å². The molecule has 0 fully saturated rings. The van der Waals surface area contributed by atoms with Crippen molar-refractivity contribution in [2.45, 2.75) is 0 Å². The summed E-state index contributed by atoms with van der Waals surface area (Å²) in [5.74, 6) is -1.66. The third-order valence-corrected chi connectivity index (χ3v) is 1.56. The SMILES string of the molecule is O=C([O-])c1ccnc(Cl)c1[N+](=O)[O-]. The molecule has 1 heterocycles. The standard InChI is InChI=1S/C6H3ClN2O4/c7-5-4(9(12)13)3(6(10)11)1-2-8-5/h1-2H,(H,10,11)/p-1. The smallest absolute Gasteiger partial charge is 0.315 e. The van der Waals surface area contributed by atoms with Crippen LogP contribution in [0, 0.1) is 10.1 Å². The van der Waals surface area contributed by atoms with Crippen LogP contribution < -0.4 is 5.11 Å². The number of halogens is 1. The van der Waals surface area contributed by atoms with Crippen LogP contribution in [0.25, 0.3) is 0 Å². The molecule has 1 aromatic rings. The topological polar surface area (TPSA) is 96.2 Å². The van der Waals surface area contributed by atoms with E-state index in [1.165, 1.54) is 0 Å². The summed E-state index contributed by atoms with van der Waals surface area (Å²) in [6.07, 6.45) is 1.06. The van der Waals surface area contributed by atoms with Crippen LogP contribution in [-0.4, -0.2) is 15.9 Å². The summed E-state index contributed by atoms with van der Waals surface area (Å²) < 4.78 is 0. The molecule has 0 amide bonds. The Morgan fingerprint density at radius 2 is 2.23 bits per heavy atom. The van der Waals surface area contributed by atoms with Crippen molar-refractivity contribution in [1.29, 1.82) is 0 Å². The molecule has 13 heavy (non-hydrogen) atoms. The summed E-state index contributed by atoms with van der Waals surface area (Å²) >= 11 is 5.32. The monoisotopic (exact) mass is 201 g/mol. The average Bonchev–Trinajstić information content (AvgIpc) is 2.02. The van der Waals surface area contributed by atoms with Crippen LogP contribution in [0.1, 0.15) is 10.4 Å². The average molecular weight is 202 g/mol. The van der Waals surface area contributed by atoms with Gasteiger partial charge in [0, 0.05) is 6.20 Å². The van der Waals surface area contributed by atoms with Gasteiger partial charge in [-0.2, -0.15) is 0 Å². The molecular formula is C6H2ClN2O4-. The number of rotatable bonds is 2. The third-order valence-electron chi connectivity index (χ3n) is 1.28. The van der Waals surface area contributed by atoms with Crippen molar-refractivity contribution in [2.24, 2.45) is 0 Å². The predicted molar refractivity (Wildman–Crippen MR) is 40.2 cm³/mol. The Labute approximate surface area is 76.9 Å². The molecule has 6 nitrogen and oxygen atoms in total. The Balaban J connectivity index is 3.43. The fourth-order valence-electron chi connectivity index (χ4n) is 0.767. The molecule has 0 unspecified atom stereocenters. The number of hydrogen-bond donors (Lipinski definition) is 0. The molecule has 0 saturated carbocycles. The molecule has 1 rings (SSSR count). The number of nitro groups is 1.